The topological polar surface area (TPSA) is 30.5 Å². The summed E-state index contributed by atoms with van der Waals surface area (Å²) in [6, 6.07) is 8.74. The lowest BCUT2D eigenvalue weighted by atomic mass is 9.94. The van der Waals surface area contributed by atoms with Gasteiger partial charge in [0, 0.05) is 24.1 Å². The van der Waals surface area contributed by atoms with E-state index in [1.165, 1.54) is 5.56 Å². The molecule has 2 heterocycles. The number of fused-ring (bicyclic) bond motifs is 1. The quantitative estimate of drug-likeness (QED) is 0.902. The van der Waals surface area contributed by atoms with Crippen molar-refractivity contribution in [2.45, 2.75) is 37.8 Å². The van der Waals surface area contributed by atoms with Gasteiger partial charge in [-0.05, 0) is 31.9 Å². The van der Waals surface area contributed by atoms with Gasteiger partial charge in [0.05, 0.1) is 12.9 Å². The second kappa shape index (κ2) is 5.66. The second-order valence-electron chi connectivity index (χ2n) is 5.36. The maximum Gasteiger partial charge on any atom is 0.122 e. The van der Waals surface area contributed by atoms with E-state index >= 15 is 0 Å². The summed E-state index contributed by atoms with van der Waals surface area (Å²) < 4.78 is 11.3. The standard InChI is InChI=1S/C16H21NO2/c1-12(17-10-13-6-4-5-9-18-13)15-11-19-16-8-3-2-7-14(15)16/h2-3,5,7-9,12-13,15,17H,4,6,10-11H2,1H3/t12-,13+,15+/m0/s1. The van der Waals surface area contributed by atoms with E-state index in [1.54, 1.807) is 0 Å². The van der Waals surface area contributed by atoms with Gasteiger partial charge in [-0.15, -0.1) is 0 Å². The summed E-state index contributed by atoms with van der Waals surface area (Å²) in [6.07, 6.45) is 6.45. The molecular formula is C16H21NO2. The third-order valence-corrected chi connectivity index (χ3v) is 4.03. The Morgan fingerprint density at radius 3 is 3.11 bits per heavy atom. The van der Waals surface area contributed by atoms with Crippen LogP contribution < -0.4 is 10.1 Å². The monoisotopic (exact) mass is 259 g/mol. The number of para-hydroxylation sites is 1. The minimum absolute atomic E-state index is 0.310. The van der Waals surface area contributed by atoms with Gasteiger partial charge in [-0.1, -0.05) is 18.2 Å². The molecule has 0 bridgehead atoms. The van der Waals surface area contributed by atoms with Gasteiger partial charge >= 0.3 is 0 Å². The zero-order chi connectivity index (χ0) is 13.1. The van der Waals surface area contributed by atoms with Crippen LogP contribution in [0.3, 0.4) is 0 Å². The van der Waals surface area contributed by atoms with Crippen LogP contribution in [0.2, 0.25) is 0 Å². The largest absolute Gasteiger partial charge is 0.497 e. The average molecular weight is 259 g/mol. The third kappa shape index (κ3) is 2.76. The first kappa shape index (κ1) is 12.5. The van der Waals surface area contributed by atoms with Crippen molar-refractivity contribution in [3.05, 3.63) is 42.2 Å². The molecule has 3 heteroatoms. The smallest absolute Gasteiger partial charge is 0.122 e. The highest BCUT2D eigenvalue weighted by molar-refractivity contribution is 5.40. The van der Waals surface area contributed by atoms with Gasteiger partial charge in [-0.2, -0.15) is 0 Å². The van der Waals surface area contributed by atoms with E-state index in [-0.39, 0.29) is 0 Å². The van der Waals surface area contributed by atoms with Crippen molar-refractivity contribution >= 4 is 0 Å². The molecule has 19 heavy (non-hydrogen) atoms. The molecule has 0 radical (unpaired) electrons. The fourth-order valence-corrected chi connectivity index (χ4v) is 2.80. The van der Waals surface area contributed by atoms with Crippen molar-refractivity contribution < 1.29 is 9.47 Å². The van der Waals surface area contributed by atoms with Crippen molar-refractivity contribution in [1.82, 2.24) is 5.32 Å². The minimum atomic E-state index is 0.310. The van der Waals surface area contributed by atoms with E-state index in [1.807, 2.05) is 12.3 Å². The molecule has 1 aromatic rings. The Kier molecular flexibility index (Phi) is 3.74. The van der Waals surface area contributed by atoms with Gasteiger partial charge in [0.1, 0.15) is 11.9 Å². The van der Waals surface area contributed by atoms with Crippen molar-refractivity contribution in [3.63, 3.8) is 0 Å². The van der Waals surface area contributed by atoms with Crippen LogP contribution in [0.1, 0.15) is 31.2 Å². The highest BCUT2D eigenvalue weighted by Crippen LogP contribution is 2.35. The number of rotatable bonds is 4. The summed E-state index contributed by atoms with van der Waals surface area (Å²) in [6.45, 7) is 3.91. The van der Waals surface area contributed by atoms with Crippen molar-refractivity contribution in [1.29, 1.82) is 0 Å². The van der Waals surface area contributed by atoms with Gasteiger partial charge < -0.3 is 14.8 Å². The van der Waals surface area contributed by atoms with E-state index in [0.717, 1.165) is 31.7 Å². The summed E-state index contributed by atoms with van der Waals surface area (Å²) in [5.41, 5.74) is 1.33. The lowest BCUT2D eigenvalue weighted by Gasteiger charge is -2.25. The molecule has 1 N–H and O–H groups in total. The second-order valence-corrected chi connectivity index (χ2v) is 5.36. The van der Waals surface area contributed by atoms with E-state index in [4.69, 9.17) is 9.47 Å². The van der Waals surface area contributed by atoms with Gasteiger partial charge in [-0.3, -0.25) is 0 Å². The predicted octanol–water partition coefficient (Wildman–Crippen LogP) is 2.83. The summed E-state index contributed by atoms with van der Waals surface area (Å²) in [4.78, 5) is 0. The Bertz CT molecular complexity index is 458. The average Bonchev–Trinajstić information content (AvgIpc) is 2.90. The Hall–Kier alpha value is -1.48. The first-order chi connectivity index (χ1) is 9.34. The van der Waals surface area contributed by atoms with Gasteiger partial charge in [0.25, 0.3) is 0 Å². The van der Waals surface area contributed by atoms with E-state index < -0.39 is 0 Å². The molecule has 102 valence electrons. The number of hydrogen-bond acceptors (Lipinski definition) is 3. The zero-order valence-corrected chi connectivity index (χ0v) is 11.3. The van der Waals surface area contributed by atoms with Crippen LogP contribution in [0.25, 0.3) is 0 Å². The normalized spacial score (nSPS) is 26.4. The molecule has 3 rings (SSSR count). The highest BCUT2D eigenvalue weighted by atomic mass is 16.5. The van der Waals surface area contributed by atoms with Crippen LogP contribution in [-0.4, -0.2) is 25.3 Å². The summed E-state index contributed by atoms with van der Waals surface area (Å²) >= 11 is 0. The van der Waals surface area contributed by atoms with Gasteiger partial charge in [-0.25, -0.2) is 0 Å². The molecule has 0 aliphatic carbocycles. The summed E-state index contributed by atoms with van der Waals surface area (Å²) in [5.74, 6) is 1.48. The molecule has 1 aromatic carbocycles. The van der Waals surface area contributed by atoms with E-state index in [0.29, 0.717) is 18.1 Å². The molecule has 0 spiro atoms. The maximum atomic E-state index is 5.74. The molecule has 0 unspecified atom stereocenters. The molecule has 0 amide bonds. The van der Waals surface area contributed by atoms with Crippen LogP contribution in [0.5, 0.6) is 5.75 Å². The number of ether oxygens (including phenoxy) is 2. The van der Waals surface area contributed by atoms with E-state index in [9.17, 15) is 0 Å². The van der Waals surface area contributed by atoms with Crippen LogP contribution in [-0.2, 0) is 4.74 Å². The predicted molar refractivity (Wildman–Crippen MR) is 75.4 cm³/mol. The van der Waals surface area contributed by atoms with Gasteiger partial charge in [0.2, 0.25) is 0 Å². The molecule has 0 fully saturated rings. The molecule has 3 nitrogen and oxygen atoms in total. The Morgan fingerprint density at radius 1 is 1.37 bits per heavy atom. The number of allylic oxidation sites excluding steroid dienone is 1. The fraction of sp³-hybridized carbons (Fsp3) is 0.500. The van der Waals surface area contributed by atoms with Crippen LogP contribution in [0.4, 0.5) is 0 Å². The lowest BCUT2D eigenvalue weighted by Crippen LogP contribution is -2.39. The Balaban J connectivity index is 1.56. The van der Waals surface area contributed by atoms with Crippen LogP contribution >= 0.6 is 0 Å². The van der Waals surface area contributed by atoms with Gasteiger partial charge in [0.15, 0.2) is 0 Å². The third-order valence-electron chi connectivity index (χ3n) is 4.03. The summed E-state index contributed by atoms with van der Waals surface area (Å²) in [5, 5.41) is 3.60. The van der Waals surface area contributed by atoms with E-state index in [2.05, 4.69) is 36.5 Å². The first-order valence-corrected chi connectivity index (χ1v) is 7.10. The molecule has 0 saturated carbocycles. The lowest BCUT2D eigenvalue weighted by molar-refractivity contribution is 0.118. The van der Waals surface area contributed by atoms with Crippen LogP contribution in [0.15, 0.2) is 36.6 Å². The Labute approximate surface area is 114 Å². The number of benzene rings is 1. The first-order valence-electron chi connectivity index (χ1n) is 7.10. The molecule has 0 saturated heterocycles. The molecule has 0 aromatic heterocycles. The SMILES string of the molecule is C[C@H](NC[C@H]1CCC=CO1)[C@H]1COc2ccccc21. The molecular weight excluding hydrogens is 238 g/mol. The molecule has 3 atom stereocenters. The van der Waals surface area contributed by atoms with Crippen molar-refractivity contribution in [2.24, 2.45) is 0 Å². The van der Waals surface area contributed by atoms with Crippen molar-refractivity contribution in [3.8, 4) is 5.75 Å². The highest BCUT2D eigenvalue weighted by Gasteiger charge is 2.28. The number of nitrogens with one attached hydrogen (secondary N) is 1. The van der Waals surface area contributed by atoms with Crippen LogP contribution in [0, 0.1) is 0 Å². The number of hydrogen-bond donors (Lipinski definition) is 1. The fourth-order valence-electron chi connectivity index (χ4n) is 2.80. The maximum absolute atomic E-state index is 5.74. The minimum Gasteiger partial charge on any atom is -0.497 e. The Morgan fingerprint density at radius 2 is 2.26 bits per heavy atom. The van der Waals surface area contributed by atoms with Crippen molar-refractivity contribution in [2.75, 3.05) is 13.2 Å². The molecule has 2 aliphatic rings. The summed E-state index contributed by atoms with van der Waals surface area (Å²) in [7, 11) is 0. The zero-order valence-electron chi connectivity index (χ0n) is 11.3. The molecule has 2 aliphatic heterocycles.